The van der Waals surface area contributed by atoms with Gasteiger partial charge in [0.15, 0.2) is 0 Å². The summed E-state index contributed by atoms with van der Waals surface area (Å²) in [7, 11) is 0. The van der Waals surface area contributed by atoms with Gasteiger partial charge < -0.3 is 15.7 Å². The number of fused-ring (bicyclic) bond motifs is 1. The summed E-state index contributed by atoms with van der Waals surface area (Å²) in [6, 6.07) is 5.10. The van der Waals surface area contributed by atoms with Crippen LogP contribution >= 0.6 is 0 Å². The maximum atomic E-state index is 10.7. The fourth-order valence-corrected chi connectivity index (χ4v) is 2.19. The van der Waals surface area contributed by atoms with E-state index in [2.05, 4.69) is 6.58 Å². The van der Waals surface area contributed by atoms with E-state index in [-0.39, 0.29) is 11.4 Å². The van der Waals surface area contributed by atoms with Gasteiger partial charge in [-0.25, -0.2) is 0 Å². The van der Waals surface area contributed by atoms with Crippen molar-refractivity contribution < 1.29 is 5.11 Å². The number of hydrogen-bond donors (Lipinski definition) is 2. The summed E-state index contributed by atoms with van der Waals surface area (Å²) in [5.41, 5.74) is 3.35. The van der Waals surface area contributed by atoms with Crippen molar-refractivity contribution in [3.05, 3.63) is 36.6 Å². The Hall–Kier alpha value is -2.95. The van der Waals surface area contributed by atoms with Gasteiger partial charge in [0.1, 0.15) is 17.5 Å². The molecule has 2 heterocycles. The molecule has 3 N–H and O–H groups in total. The van der Waals surface area contributed by atoms with Crippen molar-refractivity contribution in [3.63, 3.8) is 0 Å². The third-order valence-electron chi connectivity index (χ3n) is 3.11. The molecule has 0 aromatic heterocycles. The van der Waals surface area contributed by atoms with E-state index < -0.39 is 11.3 Å². The van der Waals surface area contributed by atoms with E-state index in [4.69, 9.17) is 11.0 Å². The predicted octanol–water partition coefficient (Wildman–Crippen LogP) is -0.394. The van der Waals surface area contributed by atoms with Gasteiger partial charge in [-0.05, 0) is 0 Å². The van der Waals surface area contributed by atoms with Crippen LogP contribution in [0.4, 0.5) is 0 Å². The Balaban J connectivity index is 2.80. The molecule has 0 saturated carbocycles. The Bertz CT molecular complexity index is 599. The highest BCUT2D eigenvalue weighted by Crippen LogP contribution is 2.52. The van der Waals surface area contributed by atoms with Crippen molar-refractivity contribution in [2.24, 2.45) is 11.1 Å². The third-order valence-corrected chi connectivity index (χ3v) is 3.11. The Kier molecular flexibility index (Phi) is 2.10. The predicted molar refractivity (Wildman–Crippen MR) is 58.5 cm³/mol. The zero-order valence-corrected chi connectivity index (χ0v) is 9.20. The van der Waals surface area contributed by atoms with Gasteiger partial charge in [0, 0.05) is 18.6 Å². The highest BCUT2D eigenvalue weighted by molar-refractivity contribution is 5.54. The lowest BCUT2D eigenvalue weighted by molar-refractivity contribution is -0.159. The van der Waals surface area contributed by atoms with Gasteiger partial charge >= 0.3 is 0 Å². The van der Waals surface area contributed by atoms with Gasteiger partial charge in [-0.2, -0.15) is 15.8 Å². The number of nitrogens with two attached hydrogens (primary N) is 1. The Morgan fingerprint density at radius 3 is 2.39 bits per heavy atom. The van der Waals surface area contributed by atoms with E-state index in [0.29, 0.717) is 0 Å². The third kappa shape index (κ3) is 0.856. The molecule has 18 heavy (non-hydrogen) atoms. The lowest BCUT2D eigenvalue weighted by atomic mass is 9.80. The topological polar surface area (TPSA) is 124 Å². The first-order valence-electron chi connectivity index (χ1n) is 4.87. The molecule has 0 aliphatic carbocycles. The van der Waals surface area contributed by atoms with Crippen molar-refractivity contribution in [1.82, 2.24) is 9.80 Å². The Labute approximate surface area is 103 Å². The fraction of sp³-hybridized carbons (Fsp3) is 0.182. The maximum absolute atomic E-state index is 10.7. The standard InChI is InChI=1S/C11H8N6O/c1-2-16-3-4-17-9(15)8(5-12)10(6-13,7-14)11(16,17)18/h2-4,18H,1,15H2. The number of nitrogens with zero attached hydrogens (tertiary/aromatic N) is 5. The number of hydrogen-bond acceptors (Lipinski definition) is 7. The maximum Gasteiger partial charge on any atom is 0.266 e. The summed E-state index contributed by atoms with van der Waals surface area (Å²) in [5, 5.41) is 38.3. The smallest absolute Gasteiger partial charge is 0.266 e. The number of nitriles is 3. The molecule has 88 valence electrons. The second-order valence-corrected chi connectivity index (χ2v) is 3.74. The summed E-state index contributed by atoms with van der Waals surface area (Å²) in [5.74, 6) is -2.20. The lowest BCUT2D eigenvalue weighted by Crippen LogP contribution is -2.58. The van der Waals surface area contributed by atoms with Crippen LogP contribution in [0.5, 0.6) is 0 Å². The second-order valence-electron chi connectivity index (χ2n) is 3.74. The van der Waals surface area contributed by atoms with Crippen LogP contribution in [-0.4, -0.2) is 20.8 Å². The summed E-state index contributed by atoms with van der Waals surface area (Å²) in [6.07, 6.45) is 4.04. The molecule has 0 amide bonds. The van der Waals surface area contributed by atoms with Crippen LogP contribution in [0, 0.1) is 39.4 Å². The number of rotatable bonds is 1. The molecule has 2 aliphatic heterocycles. The van der Waals surface area contributed by atoms with E-state index in [9.17, 15) is 15.6 Å². The van der Waals surface area contributed by atoms with E-state index in [1.54, 1.807) is 18.2 Å². The van der Waals surface area contributed by atoms with Crippen molar-refractivity contribution in [1.29, 1.82) is 15.8 Å². The molecule has 0 radical (unpaired) electrons. The van der Waals surface area contributed by atoms with Crippen molar-refractivity contribution in [2.45, 2.75) is 5.85 Å². The van der Waals surface area contributed by atoms with Gasteiger partial charge in [0.05, 0.1) is 12.1 Å². The van der Waals surface area contributed by atoms with Crippen LogP contribution in [0.3, 0.4) is 0 Å². The monoisotopic (exact) mass is 240 g/mol. The highest BCUT2D eigenvalue weighted by Gasteiger charge is 2.68. The summed E-state index contributed by atoms with van der Waals surface area (Å²) >= 11 is 0. The zero-order valence-electron chi connectivity index (χ0n) is 9.20. The number of aliphatic hydroxyl groups is 1. The van der Waals surface area contributed by atoms with Crippen LogP contribution in [0.2, 0.25) is 0 Å². The van der Waals surface area contributed by atoms with Crippen molar-refractivity contribution in [2.75, 3.05) is 0 Å². The molecule has 0 saturated heterocycles. The van der Waals surface area contributed by atoms with Crippen molar-refractivity contribution >= 4 is 0 Å². The SMILES string of the molecule is C=CN1C=CN2C(N)=C(C#N)C(C#N)(C#N)C12O. The van der Waals surface area contributed by atoms with Crippen LogP contribution in [0.1, 0.15) is 0 Å². The van der Waals surface area contributed by atoms with Crippen LogP contribution in [0.25, 0.3) is 0 Å². The second kappa shape index (κ2) is 3.27. The first kappa shape index (κ1) is 11.5. The average Bonchev–Trinajstić information content (AvgIpc) is 2.80. The molecule has 1 unspecified atom stereocenters. The first-order chi connectivity index (χ1) is 8.53. The molecular weight excluding hydrogens is 232 g/mol. The van der Waals surface area contributed by atoms with E-state index in [1.165, 1.54) is 18.6 Å². The fourth-order valence-electron chi connectivity index (χ4n) is 2.19. The molecule has 0 aromatic rings. The van der Waals surface area contributed by atoms with E-state index in [0.717, 1.165) is 9.80 Å². The highest BCUT2D eigenvalue weighted by atomic mass is 16.3. The normalized spacial score (nSPS) is 27.4. The molecule has 0 fully saturated rings. The summed E-state index contributed by atoms with van der Waals surface area (Å²) in [4.78, 5) is 2.27. The van der Waals surface area contributed by atoms with Gasteiger partial charge in [-0.15, -0.1) is 0 Å². The molecule has 2 rings (SSSR count). The first-order valence-corrected chi connectivity index (χ1v) is 4.87. The molecule has 7 nitrogen and oxygen atoms in total. The minimum absolute atomic E-state index is 0.122. The Morgan fingerprint density at radius 2 is 1.94 bits per heavy atom. The van der Waals surface area contributed by atoms with E-state index >= 15 is 0 Å². The van der Waals surface area contributed by atoms with Crippen molar-refractivity contribution in [3.8, 4) is 18.2 Å². The Morgan fingerprint density at radius 1 is 1.33 bits per heavy atom. The summed E-state index contributed by atoms with van der Waals surface area (Å²) < 4.78 is 0. The molecule has 0 bridgehead atoms. The minimum atomic E-state index is -2.09. The van der Waals surface area contributed by atoms with Crippen LogP contribution in [0.15, 0.2) is 36.6 Å². The largest absolute Gasteiger partial charge is 0.384 e. The van der Waals surface area contributed by atoms with Crippen LogP contribution < -0.4 is 5.73 Å². The molecule has 0 spiro atoms. The van der Waals surface area contributed by atoms with Crippen LogP contribution in [-0.2, 0) is 0 Å². The van der Waals surface area contributed by atoms with E-state index in [1.807, 2.05) is 0 Å². The molecule has 0 aromatic carbocycles. The molecule has 7 heteroatoms. The lowest BCUT2D eigenvalue weighted by Gasteiger charge is -2.39. The summed E-state index contributed by atoms with van der Waals surface area (Å²) in [6.45, 7) is 3.49. The van der Waals surface area contributed by atoms with Gasteiger partial charge in [0.2, 0.25) is 5.41 Å². The molecule has 1 atom stereocenters. The van der Waals surface area contributed by atoms with Gasteiger partial charge in [-0.1, -0.05) is 6.58 Å². The molecule has 2 aliphatic rings. The average molecular weight is 240 g/mol. The molecular formula is C11H8N6O. The minimum Gasteiger partial charge on any atom is -0.384 e. The zero-order chi connectivity index (χ0) is 13.6. The van der Waals surface area contributed by atoms with Gasteiger partial charge in [0.25, 0.3) is 5.85 Å². The quantitative estimate of drug-likeness (QED) is 0.639. The van der Waals surface area contributed by atoms with Gasteiger partial charge in [-0.3, -0.25) is 4.90 Å².